The minimum absolute atomic E-state index is 0.384. The number of hydrogen-bond acceptors (Lipinski definition) is 5. The molecule has 0 aliphatic heterocycles. The Balaban J connectivity index is 1.74. The van der Waals surface area contributed by atoms with Gasteiger partial charge >= 0.3 is 0 Å². The molecule has 1 heterocycles. The molecule has 18 heavy (non-hydrogen) atoms. The topological polar surface area (TPSA) is 50.7 Å². The number of thioether (sulfide) groups is 1. The standard InChI is InChI=1S/C13H16N4S/c1-18-13(7-4-8-13)9-14-12-15-10-5-2-3-6-11(10)16-17-12/h2-3,5-6H,4,7-9H2,1H3,(H,14,15,17). The van der Waals surface area contributed by atoms with Crippen molar-refractivity contribution in [2.75, 3.05) is 18.1 Å². The van der Waals surface area contributed by atoms with Crippen LogP contribution in [0.15, 0.2) is 24.3 Å². The van der Waals surface area contributed by atoms with E-state index in [2.05, 4.69) is 26.8 Å². The molecule has 0 unspecified atom stereocenters. The van der Waals surface area contributed by atoms with Gasteiger partial charge < -0.3 is 5.32 Å². The van der Waals surface area contributed by atoms with Crippen molar-refractivity contribution in [2.24, 2.45) is 0 Å². The number of fused-ring (bicyclic) bond motifs is 1. The van der Waals surface area contributed by atoms with Gasteiger partial charge in [-0.15, -0.1) is 10.2 Å². The van der Waals surface area contributed by atoms with Gasteiger partial charge in [0, 0.05) is 11.3 Å². The first-order valence-corrected chi connectivity index (χ1v) is 7.42. The molecular weight excluding hydrogens is 244 g/mol. The molecule has 0 radical (unpaired) electrons. The van der Waals surface area contributed by atoms with Crippen LogP contribution < -0.4 is 5.32 Å². The predicted molar refractivity (Wildman–Crippen MR) is 75.9 cm³/mol. The molecule has 1 aromatic heterocycles. The van der Waals surface area contributed by atoms with Gasteiger partial charge in [-0.3, -0.25) is 0 Å². The molecule has 0 atom stereocenters. The number of benzene rings is 1. The molecular formula is C13H16N4S. The van der Waals surface area contributed by atoms with Crippen LogP contribution in [0, 0.1) is 0 Å². The highest BCUT2D eigenvalue weighted by Crippen LogP contribution is 2.42. The third kappa shape index (κ3) is 2.14. The molecule has 1 aliphatic carbocycles. The number of nitrogens with one attached hydrogen (secondary N) is 1. The second-order valence-electron chi connectivity index (χ2n) is 4.72. The molecule has 1 aliphatic rings. The van der Waals surface area contributed by atoms with Crippen molar-refractivity contribution < 1.29 is 0 Å². The molecule has 1 saturated carbocycles. The maximum atomic E-state index is 4.48. The van der Waals surface area contributed by atoms with Crippen molar-refractivity contribution in [2.45, 2.75) is 24.0 Å². The molecule has 1 N–H and O–H groups in total. The van der Waals surface area contributed by atoms with E-state index in [0.29, 0.717) is 10.7 Å². The van der Waals surface area contributed by atoms with Crippen LogP contribution in [-0.2, 0) is 0 Å². The lowest BCUT2D eigenvalue weighted by Crippen LogP contribution is -2.40. The van der Waals surface area contributed by atoms with E-state index in [1.54, 1.807) is 0 Å². The third-order valence-electron chi connectivity index (χ3n) is 3.63. The van der Waals surface area contributed by atoms with E-state index < -0.39 is 0 Å². The fourth-order valence-corrected chi connectivity index (χ4v) is 3.13. The number of rotatable bonds is 4. The molecule has 1 fully saturated rings. The van der Waals surface area contributed by atoms with Gasteiger partial charge in [-0.05, 0) is 31.2 Å². The maximum absolute atomic E-state index is 4.48. The smallest absolute Gasteiger partial charge is 0.243 e. The van der Waals surface area contributed by atoms with Gasteiger partial charge in [-0.25, -0.2) is 4.98 Å². The van der Waals surface area contributed by atoms with Crippen LogP contribution in [0.4, 0.5) is 5.95 Å². The van der Waals surface area contributed by atoms with Crippen molar-refractivity contribution in [1.82, 2.24) is 15.2 Å². The largest absolute Gasteiger partial charge is 0.352 e. The van der Waals surface area contributed by atoms with Crippen molar-refractivity contribution in [3.63, 3.8) is 0 Å². The summed E-state index contributed by atoms with van der Waals surface area (Å²) in [6.45, 7) is 0.925. The molecule has 0 bridgehead atoms. The van der Waals surface area contributed by atoms with E-state index >= 15 is 0 Å². The first-order chi connectivity index (χ1) is 8.81. The van der Waals surface area contributed by atoms with Gasteiger partial charge in [0.2, 0.25) is 5.95 Å². The van der Waals surface area contributed by atoms with Crippen LogP contribution in [0.25, 0.3) is 11.0 Å². The zero-order valence-electron chi connectivity index (χ0n) is 10.4. The summed E-state index contributed by atoms with van der Waals surface area (Å²) in [5.41, 5.74) is 1.73. The first kappa shape index (κ1) is 11.7. The lowest BCUT2D eigenvalue weighted by Gasteiger charge is -2.40. The summed E-state index contributed by atoms with van der Waals surface area (Å²) in [4.78, 5) is 4.48. The predicted octanol–water partition coefficient (Wildman–Crippen LogP) is 2.72. The molecule has 5 heteroatoms. The second kappa shape index (κ2) is 4.72. The van der Waals surface area contributed by atoms with E-state index in [9.17, 15) is 0 Å². The lowest BCUT2D eigenvalue weighted by atomic mass is 9.84. The Kier molecular flexibility index (Phi) is 3.07. The average Bonchev–Trinajstić information content (AvgIpc) is 2.38. The van der Waals surface area contributed by atoms with Gasteiger partial charge in [0.1, 0.15) is 5.52 Å². The number of anilines is 1. The summed E-state index contributed by atoms with van der Waals surface area (Å²) in [6.07, 6.45) is 6.07. The first-order valence-electron chi connectivity index (χ1n) is 6.20. The normalized spacial score (nSPS) is 17.4. The van der Waals surface area contributed by atoms with E-state index in [1.165, 1.54) is 19.3 Å². The fraction of sp³-hybridized carbons (Fsp3) is 0.462. The number of para-hydroxylation sites is 1. The summed E-state index contributed by atoms with van der Waals surface area (Å²) in [5, 5.41) is 11.6. The van der Waals surface area contributed by atoms with Crippen LogP contribution in [-0.4, -0.2) is 32.7 Å². The molecule has 3 rings (SSSR count). The van der Waals surface area contributed by atoms with Gasteiger partial charge in [0.25, 0.3) is 0 Å². The maximum Gasteiger partial charge on any atom is 0.243 e. The molecule has 94 valence electrons. The molecule has 4 nitrogen and oxygen atoms in total. The van der Waals surface area contributed by atoms with Crippen molar-refractivity contribution in [3.05, 3.63) is 24.3 Å². The summed E-state index contributed by atoms with van der Waals surface area (Å²) < 4.78 is 0.384. The van der Waals surface area contributed by atoms with Crippen molar-refractivity contribution in [3.8, 4) is 0 Å². The van der Waals surface area contributed by atoms with Crippen molar-refractivity contribution >= 4 is 28.7 Å². The number of hydrogen-bond donors (Lipinski definition) is 1. The minimum atomic E-state index is 0.384. The Bertz CT molecular complexity index is 548. The monoisotopic (exact) mass is 260 g/mol. The quantitative estimate of drug-likeness (QED) is 0.916. The lowest BCUT2D eigenvalue weighted by molar-refractivity contribution is 0.379. The van der Waals surface area contributed by atoms with E-state index in [4.69, 9.17) is 0 Å². The Labute approximate surface area is 111 Å². The second-order valence-corrected chi connectivity index (χ2v) is 5.99. The molecule has 0 spiro atoms. The molecule has 2 aromatic rings. The van der Waals surface area contributed by atoms with E-state index in [-0.39, 0.29) is 0 Å². The van der Waals surface area contributed by atoms with Gasteiger partial charge in [-0.2, -0.15) is 11.8 Å². The summed E-state index contributed by atoms with van der Waals surface area (Å²) >= 11 is 1.94. The zero-order chi connectivity index (χ0) is 12.4. The Morgan fingerprint density at radius 2 is 2.00 bits per heavy atom. The Hall–Kier alpha value is -1.36. The number of nitrogens with zero attached hydrogens (tertiary/aromatic N) is 3. The van der Waals surface area contributed by atoms with Crippen LogP contribution in [0.1, 0.15) is 19.3 Å². The summed E-state index contributed by atoms with van der Waals surface area (Å²) in [6, 6.07) is 7.80. The van der Waals surface area contributed by atoms with Crippen LogP contribution in [0.2, 0.25) is 0 Å². The van der Waals surface area contributed by atoms with Crippen molar-refractivity contribution in [1.29, 1.82) is 0 Å². The average molecular weight is 260 g/mol. The van der Waals surface area contributed by atoms with Gasteiger partial charge in [0.05, 0.1) is 5.52 Å². The zero-order valence-corrected chi connectivity index (χ0v) is 11.2. The fourth-order valence-electron chi connectivity index (χ4n) is 2.22. The van der Waals surface area contributed by atoms with E-state index in [0.717, 1.165) is 17.6 Å². The Morgan fingerprint density at radius 3 is 2.67 bits per heavy atom. The van der Waals surface area contributed by atoms with Gasteiger partial charge in [0.15, 0.2) is 0 Å². The Morgan fingerprint density at radius 1 is 1.22 bits per heavy atom. The summed E-state index contributed by atoms with van der Waals surface area (Å²) in [7, 11) is 0. The van der Waals surface area contributed by atoms with Gasteiger partial charge in [-0.1, -0.05) is 18.6 Å². The van der Waals surface area contributed by atoms with E-state index in [1.807, 2.05) is 36.0 Å². The van der Waals surface area contributed by atoms with Crippen LogP contribution >= 0.6 is 11.8 Å². The highest BCUT2D eigenvalue weighted by Gasteiger charge is 2.35. The molecule has 0 amide bonds. The highest BCUT2D eigenvalue weighted by molar-refractivity contribution is 8.00. The SMILES string of the molecule is CSC1(CNc2nnc3ccccc3n2)CCC1. The van der Waals surface area contributed by atoms with Crippen LogP contribution in [0.3, 0.4) is 0 Å². The van der Waals surface area contributed by atoms with Crippen LogP contribution in [0.5, 0.6) is 0 Å². The highest BCUT2D eigenvalue weighted by atomic mass is 32.2. The number of aromatic nitrogens is 3. The minimum Gasteiger partial charge on any atom is -0.352 e. The third-order valence-corrected chi connectivity index (χ3v) is 5.05. The molecule has 0 saturated heterocycles. The summed E-state index contributed by atoms with van der Waals surface area (Å²) in [5.74, 6) is 0.633. The molecule has 1 aromatic carbocycles.